The molecule has 0 aromatic heterocycles. The van der Waals surface area contributed by atoms with Crippen molar-refractivity contribution in [3.8, 4) is 0 Å². The van der Waals surface area contributed by atoms with Gasteiger partial charge in [-0.3, -0.25) is 4.79 Å². The van der Waals surface area contributed by atoms with E-state index in [0.29, 0.717) is 49.1 Å². The van der Waals surface area contributed by atoms with Crippen LogP contribution >= 0.6 is 24.0 Å². The van der Waals surface area contributed by atoms with Crippen molar-refractivity contribution in [3.05, 3.63) is 35.1 Å². The maximum absolute atomic E-state index is 13.7. The molecule has 7 nitrogen and oxygen atoms in total. The monoisotopic (exact) mass is 568 g/mol. The van der Waals surface area contributed by atoms with E-state index >= 15 is 0 Å². The Morgan fingerprint density at radius 1 is 1.13 bits per heavy atom. The van der Waals surface area contributed by atoms with Gasteiger partial charge in [-0.25, -0.2) is 17.8 Å². The predicted molar refractivity (Wildman–Crippen MR) is 133 cm³/mol. The Kier molecular flexibility index (Phi) is 12.3. The minimum absolute atomic E-state index is 0. The minimum atomic E-state index is -3.24. The fourth-order valence-electron chi connectivity index (χ4n) is 3.60. The molecule has 1 aliphatic rings. The van der Waals surface area contributed by atoms with Crippen LogP contribution in [0.15, 0.2) is 23.2 Å². The summed E-state index contributed by atoms with van der Waals surface area (Å²) in [6, 6.07) is 4.06. The Labute approximate surface area is 202 Å². The average Bonchev–Trinajstić information content (AvgIpc) is 3.17. The molecule has 0 heterocycles. The fraction of sp³-hybridized carbons (Fsp3) is 0.619. The largest absolute Gasteiger partial charge is 0.357 e. The highest BCUT2D eigenvalue weighted by Crippen LogP contribution is 2.27. The van der Waals surface area contributed by atoms with Gasteiger partial charge >= 0.3 is 0 Å². The second kappa shape index (κ2) is 13.9. The zero-order valence-corrected chi connectivity index (χ0v) is 21.4. The number of carbonyl (C=O) groups excluding carboxylic acids is 1. The summed E-state index contributed by atoms with van der Waals surface area (Å²) in [5, 5.41) is 9.15. The zero-order valence-electron chi connectivity index (χ0n) is 18.2. The average molecular weight is 568 g/mol. The van der Waals surface area contributed by atoms with Gasteiger partial charge in [0.25, 0.3) is 0 Å². The van der Waals surface area contributed by atoms with E-state index < -0.39 is 15.7 Å². The molecule has 0 radical (unpaired) electrons. The predicted octanol–water partition coefficient (Wildman–Crippen LogP) is 2.74. The first kappa shape index (κ1) is 27.6. The molecule has 0 spiro atoms. The number of hydrogen-bond acceptors (Lipinski definition) is 4. The van der Waals surface area contributed by atoms with Crippen molar-refractivity contribution >= 4 is 45.7 Å². The Bertz CT molecular complexity index is 843. The number of rotatable bonds is 10. The number of aliphatic imine (C=N–C) groups is 1. The quantitative estimate of drug-likeness (QED) is 0.175. The van der Waals surface area contributed by atoms with Gasteiger partial charge in [-0.15, -0.1) is 24.0 Å². The van der Waals surface area contributed by atoms with Crippen LogP contribution in [0.25, 0.3) is 0 Å². The van der Waals surface area contributed by atoms with Gasteiger partial charge in [0.1, 0.15) is 5.82 Å². The SMILES string of the molecule is CCNC(=NCc1cc(F)ccc1CS(C)(=O)=O)NCCNC(=O)CC1CCCC1.I. The third-order valence-electron chi connectivity index (χ3n) is 5.03. The van der Waals surface area contributed by atoms with Gasteiger partial charge in [0.2, 0.25) is 5.91 Å². The van der Waals surface area contributed by atoms with Gasteiger partial charge in [0.15, 0.2) is 15.8 Å². The number of nitrogens with zero attached hydrogens (tertiary/aromatic N) is 1. The van der Waals surface area contributed by atoms with E-state index in [1.807, 2.05) is 6.92 Å². The second-order valence-electron chi connectivity index (χ2n) is 7.81. The van der Waals surface area contributed by atoms with Crippen LogP contribution in [0.1, 0.15) is 50.2 Å². The van der Waals surface area contributed by atoms with Crippen LogP contribution in [-0.2, 0) is 26.9 Å². The summed E-state index contributed by atoms with van der Waals surface area (Å²) in [7, 11) is -3.24. The number of halogens is 2. The first-order valence-corrected chi connectivity index (χ1v) is 12.6. The summed E-state index contributed by atoms with van der Waals surface area (Å²) >= 11 is 0. The molecular weight excluding hydrogens is 534 g/mol. The van der Waals surface area contributed by atoms with Gasteiger partial charge in [0, 0.05) is 32.3 Å². The summed E-state index contributed by atoms with van der Waals surface area (Å²) in [6.45, 7) is 3.69. The van der Waals surface area contributed by atoms with Gasteiger partial charge in [-0.1, -0.05) is 18.9 Å². The topological polar surface area (TPSA) is 99.7 Å². The molecular formula is C21H34FIN4O3S. The maximum Gasteiger partial charge on any atom is 0.220 e. The lowest BCUT2D eigenvalue weighted by Crippen LogP contribution is -2.41. The van der Waals surface area contributed by atoms with Crippen LogP contribution in [0.5, 0.6) is 0 Å². The highest BCUT2D eigenvalue weighted by Gasteiger charge is 2.18. The third-order valence-corrected chi connectivity index (χ3v) is 5.86. The van der Waals surface area contributed by atoms with Crippen molar-refractivity contribution in [1.29, 1.82) is 0 Å². The molecule has 10 heteroatoms. The Balaban J connectivity index is 0.00000480. The summed E-state index contributed by atoms with van der Waals surface area (Å²) in [5.41, 5.74) is 1.07. The van der Waals surface area contributed by atoms with Crippen LogP contribution in [-0.4, -0.2) is 46.2 Å². The van der Waals surface area contributed by atoms with E-state index in [0.717, 1.165) is 19.1 Å². The van der Waals surface area contributed by atoms with E-state index in [-0.39, 0.29) is 42.2 Å². The minimum Gasteiger partial charge on any atom is -0.357 e. The molecule has 1 saturated carbocycles. The molecule has 1 aliphatic carbocycles. The van der Waals surface area contributed by atoms with Crippen molar-refractivity contribution in [1.82, 2.24) is 16.0 Å². The molecule has 0 aliphatic heterocycles. The summed E-state index contributed by atoms with van der Waals surface area (Å²) in [6.07, 6.45) is 6.47. The number of sulfone groups is 1. The number of guanidine groups is 1. The summed E-state index contributed by atoms with van der Waals surface area (Å²) in [4.78, 5) is 16.4. The van der Waals surface area contributed by atoms with Crippen LogP contribution in [0.3, 0.4) is 0 Å². The highest BCUT2D eigenvalue weighted by atomic mass is 127. The molecule has 2 rings (SSSR count). The van der Waals surface area contributed by atoms with Crippen molar-refractivity contribution in [2.45, 2.75) is 51.3 Å². The van der Waals surface area contributed by atoms with Crippen LogP contribution in [0, 0.1) is 11.7 Å². The normalized spacial score (nSPS) is 14.7. The molecule has 0 atom stereocenters. The smallest absolute Gasteiger partial charge is 0.220 e. The molecule has 3 N–H and O–H groups in total. The molecule has 0 bridgehead atoms. The van der Waals surface area contributed by atoms with Crippen molar-refractivity contribution in [2.24, 2.45) is 10.9 Å². The van der Waals surface area contributed by atoms with Crippen molar-refractivity contribution < 1.29 is 17.6 Å². The molecule has 0 unspecified atom stereocenters. The molecule has 1 amide bonds. The molecule has 31 heavy (non-hydrogen) atoms. The lowest BCUT2D eigenvalue weighted by molar-refractivity contribution is -0.121. The summed E-state index contributed by atoms with van der Waals surface area (Å²) in [5.74, 6) is 0.535. The van der Waals surface area contributed by atoms with Gasteiger partial charge in [-0.2, -0.15) is 0 Å². The first-order valence-electron chi connectivity index (χ1n) is 10.5. The number of benzene rings is 1. The Morgan fingerprint density at radius 3 is 2.45 bits per heavy atom. The van der Waals surface area contributed by atoms with E-state index in [9.17, 15) is 17.6 Å². The van der Waals surface area contributed by atoms with Crippen LogP contribution < -0.4 is 16.0 Å². The van der Waals surface area contributed by atoms with E-state index in [2.05, 4.69) is 20.9 Å². The van der Waals surface area contributed by atoms with Crippen LogP contribution in [0.2, 0.25) is 0 Å². The van der Waals surface area contributed by atoms with Gasteiger partial charge in [0.05, 0.1) is 12.3 Å². The number of nitrogens with one attached hydrogen (secondary N) is 3. The van der Waals surface area contributed by atoms with Gasteiger partial charge in [-0.05, 0) is 48.9 Å². The lowest BCUT2D eigenvalue weighted by Gasteiger charge is -2.13. The second-order valence-corrected chi connectivity index (χ2v) is 9.95. The Morgan fingerprint density at radius 2 is 1.81 bits per heavy atom. The zero-order chi connectivity index (χ0) is 22.0. The molecule has 1 aromatic carbocycles. The fourth-order valence-corrected chi connectivity index (χ4v) is 4.45. The maximum atomic E-state index is 13.7. The Hall–Kier alpha value is -1.43. The van der Waals surface area contributed by atoms with Crippen molar-refractivity contribution in [2.75, 3.05) is 25.9 Å². The molecule has 1 aromatic rings. The lowest BCUT2D eigenvalue weighted by atomic mass is 10.0. The number of hydrogen-bond donors (Lipinski definition) is 3. The first-order chi connectivity index (χ1) is 14.3. The van der Waals surface area contributed by atoms with E-state index in [4.69, 9.17) is 0 Å². The van der Waals surface area contributed by atoms with Crippen LogP contribution in [0.4, 0.5) is 4.39 Å². The molecule has 176 valence electrons. The number of amides is 1. The third kappa shape index (κ3) is 11.1. The summed E-state index contributed by atoms with van der Waals surface area (Å²) < 4.78 is 36.9. The molecule has 0 saturated heterocycles. The van der Waals surface area contributed by atoms with E-state index in [1.165, 1.54) is 31.0 Å². The van der Waals surface area contributed by atoms with E-state index in [1.54, 1.807) is 0 Å². The number of carbonyl (C=O) groups is 1. The standard InChI is InChI=1S/C21H33FN4O3S.HI/c1-3-23-21(25-11-10-24-20(27)12-16-6-4-5-7-16)26-14-18-13-19(22)9-8-17(18)15-30(2,28)29;/h8-9,13,16H,3-7,10-12,14-15H2,1-2H3,(H,24,27)(H2,23,25,26);1H. The van der Waals surface area contributed by atoms with Crippen molar-refractivity contribution in [3.63, 3.8) is 0 Å². The highest BCUT2D eigenvalue weighted by molar-refractivity contribution is 14.0. The molecule has 1 fully saturated rings. The van der Waals surface area contributed by atoms with Gasteiger partial charge < -0.3 is 16.0 Å².